The molecule has 0 radical (unpaired) electrons. The number of rotatable bonds is 6. The van der Waals surface area contributed by atoms with Crippen LogP contribution in [0.3, 0.4) is 0 Å². The van der Waals surface area contributed by atoms with E-state index in [9.17, 15) is 9.59 Å². The lowest BCUT2D eigenvalue weighted by molar-refractivity contribution is -0.122. The van der Waals surface area contributed by atoms with Crippen LogP contribution in [0.25, 0.3) is 6.08 Å². The maximum atomic E-state index is 12.2. The number of imide groups is 1. The van der Waals surface area contributed by atoms with Crippen LogP contribution in [0.15, 0.2) is 22.3 Å². The third-order valence-electron chi connectivity index (χ3n) is 3.24. The third-order valence-corrected chi connectivity index (χ3v) is 3.86. The highest BCUT2D eigenvalue weighted by atomic mass is 79.9. The predicted octanol–water partition coefficient (Wildman–Crippen LogP) is 3.16. The predicted molar refractivity (Wildman–Crippen MR) is 90.4 cm³/mol. The Bertz CT molecular complexity index is 658. The van der Waals surface area contributed by atoms with Crippen molar-refractivity contribution in [2.75, 3.05) is 19.8 Å². The molecule has 1 saturated heterocycles. The lowest BCUT2D eigenvalue weighted by Crippen LogP contribution is -2.30. The number of hydrogen-bond acceptors (Lipinski definition) is 4. The number of halogens is 1. The zero-order valence-electron chi connectivity index (χ0n) is 13.3. The van der Waals surface area contributed by atoms with Gasteiger partial charge in [0.2, 0.25) is 0 Å². The Labute approximate surface area is 143 Å². The van der Waals surface area contributed by atoms with Gasteiger partial charge in [0, 0.05) is 18.2 Å². The van der Waals surface area contributed by atoms with Gasteiger partial charge >= 0.3 is 6.03 Å². The van der Waals surface area contributed by atoms with Gasteiger partial charge in [-0.3, -0.25) is 9.69 Å². The number of benzene rings is 1. The molecule has 124 valence electrons. The van der Waals surface area contributed by atoms with Gasteiger partial charge in [-0.2, -0.15) is 0 Å². The second kappa shape index (κ2) is 7.50. The van der Waals surface area contributed by atoms with Crippen molar-refractivity contribution in [2.24, 2.45) is 0 Å². The normalized spacial score (nSPS) is 16.0. The molecular formula is C16H19BrN2O4. The number of hydrogen-bond donors (Lipinski definition) is 1. The van der Waals surface area contributed by atoms with Gasteiger partial charge in [0.25, 0.3) is 5.91 Å². The fraction of sp³-hybridized carbons (Fsp3) is 0.375. The molecule has 0 spiro atoms. The molecular weight excluding hydrogens is 364 g/mol. The minimum absolute atomic E-state index is 0.230. The number of nitrogens with one attached hydrogen (secondary N) is 1. The van der Waals surface area contributed by atoms with Crippen LogP contribution < -0.4 is 14.8 Å². The van der Waals surface area contributed by atoms with Crippen LogP contribution >= 0.6 is 15.9 Å². The van der Waals surface area contributed by atoms with E-state index in [4.69, 9.17) is 9.47 Å². The number of urea groups is 1. The van der Waals surface area contributed by atoms with Crippen LogP contribution in [0.5, 0.6) is 11.5 Å². The lowest BCUT2D eigenvalue weighted by atomic mass is 10.1. The minimum atomic E-state index is -0.410. The summed E-state index contributed by atoms with van der Waals surface area (Å²) in [6.45, 7) is 6.86. The van der Waals surface area contributed by atoms with E-state index in [0.717, 1.165) is 9.37 Å². The van der Waals surface area contributed by atoms with Crippen LogP contribution in [-0.2, 0) is 4.79 Å². The highest BCUT2D eigenvalue weighted by molar-refractivity contribution is 9.10. The van der Waals surface area contributed by atoms with Crippen molar-refractivity contribution in [1.29, 1.82) is 0 Å². The molecule has 1 N–H and O–H groups in total. The van der Waals surface area contributed by atoms with Crippen LogP contribution in [0, 0.1) is 0 Å². The van der Waals surface area contributed by atoms with Gasteiger partial charge in [0.15, 0.2) is 0 Å². The average Bonchev–Trinajstić information content (AvgIpc) is 2.78. The highest BCUT2D eigenvalue weighted by Gasteiger charge is 2.32. The van der Waals surface area contributed by atoms with E-state index < -0.39 is 6.03 Å². The van der Waals surface area contributed by atoms with E-state index in [1.165, 1.54) is 0 Å². The van der Waals surface area contributed by atoms with Gasteiger partial charge < -0.3 is 14.8 Å². The van der Waals surface area contributed by atoms with Crippen molar-refractivity contribution in [1.82, 2.24) is 10.2 Å². The molecule has 23 heavy (non-hydrogen) atoms. The molecule has 1 aromatic carbocycles. The molecule has 0 unspecified atom stereocenters. The van der Waals surface area contributed by atoms with E-state index >= 15 is 0 Å². The van der Waals surface area contributed by atoms with Crippen LogP contribution in [0.2, 0.25) is 0 Å². The van der Waals surface area contributed by atoms with Gasteiger partial charge in [0.05, 0.1) is 17.7 Å². The Morgan fingerprint density at radius 3 is 2.35 bits per heavy atom. The first-order valence-electron chi connectivity index (χ1n) is 7.45. The first-order valence-corrected chi connectivity index (χ1v) is 8.24. The van der Waals surface area contributed by atoms with Gasteiger partial charge in [-0.1, -0.05) is 0 Å². The molecule has 1 aliphatic rings. The van der Waals surface area contributed by atoms with Gasteiger partial charge in [-0.05, 0) is 48.8 Å². The smallest absolute Gasteiger partial charge is 0.328 e. The largest absolute Gasteiger partial charge is 0.493 e. The van der Waals surface area contributed by atoms with E-state index in [2.05, 4.69) is 21.2 Å². The number of likely N-dealkylation sites (N-methyl/N-ethyl adjacent to an activating group) is 1. The van der Waals surface area contributed by atoms with E-state index in [1.54, 1.807) is 25.1 Å². The standard InChI is InChI=1S/C16H19BrN2O4/c1-4-19-15(20)12(18-16(19)21)8-10-7-11(17)14(23-6-3)9-13(10)22-5-2/h7-9H,4-6H2,1-3H3,(H,18,21)/b12-8+. The maximum absolute atomic E-state index is 12.2. The summed E-state index contributed by atoms with van der Waals surface area (Å²) >= 11 is 3.44. The summed E-state index contributed by atoms with van der Waals surface area (Å²) in [5, 5.41) is 2.58. The molecule has 0 saturated carbocycles. The topological polar surface area (TPSA) is 67.9 Å². The highest BCUT2D eigenvalue weighted by Crippen LogP contribution is 2.34. The number of nitrogens with zero attached hydrogens (tertiary/aromatic N) is 1. The molecule has 0 bridgehead atoms. The van der Waals surface area contributed by atoms with Crippen LogP contribution in [-0.4, -0.2) is 36.6 Å². The zero-order valence-corrected chi connectivity index (χ0v) is 14.9. The summed E-state index contributed by atoms with van der Waals surface area (Å²) in [6.07, 6.45) is 1.61. The quantitative estimate of drug-likeness (QED) is 0.605. The number of carbonyl (C=O) groups excluding carboxylic acids is 2. The van der Waals surface area contributed by atoms with Gasteiger partial charge in [-0.25, -0.2) is 4.79 Å². The fourth-order valence-corrected chi connectivity index (χ4v) is 2.70. The molecule has 0 atom stereocenters. The summed E-state index contributed by atoms with van der Waals surface area (Å²) in [6, 6.07) is 3.16. The Balaban J connectivity index is 2.42. The van der Waals surface area contributed by atoms with E-state index in [-0.39, 0.29) is 11.6 Å². The van der Waals surface area contributed by atoms with Crippen molar-refractivity contribution in [3.05, 3.63) is 27.9 Å². The summed E-state index contributed by atoms with van der Waals surface area (Å²) < 4.78 is 11.9. The second-order valence-corrected chi connectivity index (χ2v) is 5.58. The molecule has 0 aromatic heterocycles. The Morgan fingerprint density at radius 2 is 1.78 bits per heavy atom. The monoisotopic (exact) mass is 382 g/mol. The molecule has 0 aliphatic carbocycles. The Morgan fingerprint density at radius 1 is 1.13 bits per heavy atom. The molecule has 1 heterocycles. The fourth-order valence-electron chi connectivity index (χ4n) is 2.22. The summed E-state index contributed by atoms with van der Waals surface area (Å²) in [5.41, 5.74) is 0.914. The van der Waals surface area contributed by atoms with Crippen molar-refractivity contribution in [3.8, 4) is 11.5 Å². The minimum Gasteiger partial charge on any atom is -0.493 e. The van der Waals surface area contributed by atoms with Crippen LogP contribution in [0.4, 0.5) is 4.79 Å². The summed E-state index contributed by atoms with van der Waals surface area (Å²) in [4.78, 5) is 25.0. The van der Waals surface area contributed by atoms with Crippen molar-refractivity contribution in [3.63, 3.8) is 0 Å². The first kappa shape index (κ1) is 17.3. The number of amides is 3. The molecule has 1 fully saturated rings. The van der Waals surface area contributed by atoms with Gasteiger partial charge in [0.1, 0.15) is 17.2 Å². The average molecular weight is 383 g/mol. The van der Waals surface area contributed by atoms with Gasteiger partial charge in [-0.15, -0.1) is 0 Å². The number of ether oxygens (including phenoxy) is 2. The Hall–Kier alpha value is -2.02. The SMILES string of the molecule is CCOc1cc(OCC)c(/C=C2/NC(=O)N(CC)C2=O)cc1Br. The van der Waals surface area contributed by atoms with Crippen molar-refractivity contribution >= 4 is 33.9 Å². The molecule has 1 aliphatic heterocycles. The molecule has 6 nitrogen and oxygen atoms in total. The summed E-state index contributed by atoms with van der Waals surface area (Å²) in [5.74, 6) is 0.906. The first-order chi connectivity index (χ1) is 11.0. The molecule has 2 rings (SSSR count). The van der Waals surface area contributed by atoms with Crippen molar-refractivity contribution in [2.45, 2.75) is 20.8 Å². The van der Waals surface area contributed by atoms with Crippen molar-refractivity contribution < 1.29 is 19.1 Å². The molecule has 1 aromatic rings. The second-order valence-electron chi connectivity index (χ2n) is 4.72. The lowest BCUT2D eigenvalue weighted by Gasteiger charge is -2.12. The number of carbonyl (C=O) groups is 2. The van der Waals surface area contributed by atoms with E-state index in [0.29, 0.717) is 36.8 Å². The maximum Gasteiger partial charge on any atom is 0.328 e. The zero-order chi connectivity index (χ0) is 17.0. The Kier molecular flexibility index (Phi) is 5.65. The van der Waals surface area contributed by atoms with Crippen LogP contribution in [0.1, 0.15) is 26.3 Å². The van der Waals surface area contributed by atoms with E-state index in [1.807, 2.05) is 13.8 Å². The molecule has 7 heteroatoms. The summed E-state index contributed by atoms with van der Waals surface area (Å²) in [7, 11) is 0. The third kappa shape index (κ3) is 3.67. The molecule has 3 amide bonds.